The number of hydrogen-bond donors (Lipinski definition) is 2. The number of aliphatic imine (C=N–C) groups is 1. The molecule has 0 aliphatic heterocycles. The van der Waals surface area contributed by atoms with Crippen molar-refractivity contribution in [3.05, 3.63) is 42.7 Å². The Bertz CT molecular complexity index is 513. The molecule has 102 valence electrons. The van der Waals surface area contributed by atoms with Gasteiger partial charge < -0.3 is 10.6 Å². The summed E-state index contributed by atoms with van der Waals surface area (Å²) in [7, 11) is 1.79. The van der Waals surface area contributed by atoms with Crippen LogP contribution in [0.15, 0.2) is 33.0 Å². The Labute approximate surface area is 129 Å². The average Bonchev–Trinajstić information content (AvgIpc) is 2.99. The van der Waals surface area contributed by atoms with Crippen molar-refractivity contribution in [3.63, 3.8) is 0 Å². The van der Waals surface area contributed by atoms with Crippen molar-refractivity contribution in [2.45, 2.75) is 20.0 Å². The molecule has 0 saturated heterocycles. The van der Waals surface area contributed by atoms with Crippen LogP contribution in [0.25, 0.3) is 0 Å². The molecule has 2 rings (SSSR count). The first kappa shape index (κ1) is 14.6. The van der Waals surface area contributed by atoms with E-state index in [1.807, 2.05) is 11.3 Å². The molecule has 0 saturated carbocycles. The van der Waals surface area contributed by atoms with Gasteiger partial charge in [0.2, 0.25) is 0 Å². The molecule has 0 atom stereocenters. The Morgan fingerprint density at radius 1 is 1.26 bits per heavy atom. The fourth-order valence-corrected chi connectivity index (χ4v) is 3.81. The number of thiophene rings is 2. The van der Waals surface area contributed by atoms with Gasteiger partial charge in [0.25, 0.3) is 0 Å². The Balaban J connectivity index is 1.80. The van der Waals surface area contributed by atoms with Crippen LogP contribution in [0.4, 0.5) is 0 Å². The predicted molar refractivity (Wildman–Crippen MR) is 88.1 cm³/mol. The Kier molecular flexibility index (Phi) is 5.42. The second-order valence-electron chi connectivity index (χ2n) is 4.02. The minimum atomic E-state index is 0.791. The Morgan fingerprint density at radius 2 is 2.00 bits per heavy atom. The maximum absolute atomic E-state index is 4.22. The van der Waals surface area contributed by atoms with Gasteiger partial charge in [0.1, 0.15) is 0 Å². The summed E-state index contributed by atoms with van der Waals surface area (Å²) >= 11 is 7.00. The lowest BCUT2D eigenvalue weighted by atomic mass is 10.4. The Morgan fingerprint density at radius 3 is 2.53 bits per heavy atom. The topological polar surface area (TPSA) is 36.4 Å². The summed E-state index contributed by atoms with van der Waals surface area (Å²) in [4.78, 5) is 8.16. The van der Waals surface area contributed by atoms with E-state index in [0.29, 0.717) is 0 Å². The van der Waals surface area contributed by atoms with E-state index in [0.717, 1.165) is 23.5 Å². The molecule has 0 unspecified atom stereocenters. The minimum Gasteiger partial charge on any atom is -0.352 e. The smallest absolute Gasteiger partial charge is 0.191 e. The van der Waals surface area contributed by atoms with Crippen molar-refractivity contribution in [1.82, 2.24) is 10.6 Å². The third kappa shape index (κ3) is 4.63. The summed E-state index contributed by atoms with van der Waals surface area (Å²) in [5.41, 5.74) is 0. The highest BCUT2D eigenvalue weighted by atomic mass is 79.9. The van der Waals surface area contributed by atoms with Gasteiger partial charge in [0.05, 0.1) is 13.1 Å². The van der Waals surface area contributed by atoms with Gasteiger partial charge in [-0.25, -0.2) is 0 Å². The SMILES string of the molecule is CN=C(NCc1cc(Br)cs1)NCc1ccc(C)s1. The van der Waals surface area contributed by atoms with Crippen LogP contribution >= 0.6 is 38.6 Å². The first-order chi connectivity index (χ1) is 9.17. The first-order valence-corrected chi connectivity index (χ1v) is 8.39. The largest absolute Gasteiger partial charge is 0.352 e. The van der Waals surface area contributed by atoms with Gasteiger partial charge >= 0.3 is 0 Å². The summed E-state index contributed by atoms with van der Waals surface area (Å²) < 4.78 is 1.13. The van der Waals surface area contributed by atoms with Gasteiger partial charge in [-0.05, 0) is 41.1 Å². The zero-order valence-corrected chi connectivity index (χ0v) is 14.1. The molecule has 0 fully saturated rings. The lowest BCUT2D eigenvalue weighted by Gasteiger charge is -2.10. The summed E-state index contributed by atoms with van der Waals surface area (Å²) in [5.74, 6) is 0.829. The number of nitrogens with one attached hydrogen (secondary N) is 2. The highest BCUT2D eigenvalue weighted by Gasteiger charge is 2.02. The lowest BCUT2D eigenvalue weighted by molar-refractivity contribution is 0.822. The van der Waals surface area contributed by atoms with Crippen LogP contribution in [-0.4, -0.2) is 13.0 Å². The summed E-state index contributed by atoms with van der Waals surface area (Å²) in [6, 6.07) is 6.41. The van der Waals surface area contributed by atoms with Gasteiger partial charge in [0.15, 0.2) is 5.96 Å². The van der Waals surface area contributed by atoms with Gasteiger partial charge in [-0.2, -0.15) is 0 Å². The molecule has 0 spiro atoms. The summed E-state index contributed by atoms with van der Waals surface area (Å²) in [5, 5.41) is 8.71. The summed E-state index contributed by atoms with van der Waals surface area (Å²) in [6.07, 6.45) is 0. The predicted octanol–water partition coefficient (Wildman–Crippen LogP) is 3.75. The summed E-state index contributed by atoms with van der Waals surface area (Å²) in [6.45, 7) is 3.72. The number of rotatable bonds is 4. The van der Waals surface area contributed by atoms with E-state index >= 15 is 0 Å². The molecule has 2 N–H and O–H groups in total. The molecule has 0 bridgehead atoms. The standard InChI is InChI=1S/C13H16BrN3S2/c1-9-3-4-11(19-9)6-16-13(15-2)17-7-12-5-10(14)8-18-12/h3-5,8H,6-7H2,1-2H3,(H2,15,16,17). The highest BCUT2D eigenvalue weighted by molar-refractivity contribution is 9.10. The molecule has 2 aromatic heterocycles. The molecule has 2 aromatic rings. The molecule has 19 heavy (non-hydrogen) atoms. The van der Waals surface area contributed by atoms with Crippen LogP contribution in [0.2, 0.25) is 0 Å². The van der Waals surface area contributed by atoms with E-state index in [1.165, 1.54) is 14.6 Å². The zero-order chi connectivity index (χ0) is 13.7. The van der Waals surface area contributed by atoms with Crippen molar-refractivity contribution >= 4 is 44.6 Å². The number of aryl methyl sites for hydroxylation is 1. The molecular weight excluding hydrogens is 342 g/mol. The highest BCUT2D eigenvalue weighted by Crippen LogP contribution is 2.19. The third-order valence-electron chi connectivity index (χ3n) is 2.50. The fraction of sp³-hybridized carbons (Fsp3) is 0.308. The Hall–Kier alpha value is -0.850. The van der Waals surface area contributed by atoms with Crippen LogP contribution in [0.3, 0.4) is 0 Å². The number of halogens is 1. The fourth-order valence-electron chi connectivity index (χ4n) is 1.59. The molecule has 0 aliphatic carbocycles. The van der Waals surface area contributed by atoms with Crippen LogP contribution in [0, 0.1) is 6.92 Å². The maximum Gasteiger partial charge on any atom is 0.191 e. The van der Waals surface area contributed by atoms with Crippen LogP contribution in [-0.2, 0) is 13.1 Å². The van der Waals surface area contributed by atoms with Crippen LogP contribution < -0.4 is 10.6 Å². The lowest BCUT2D eigenvalue weighted by Crippen LogP contribution is -2.35. The van der Waals surface area contributed by atoms with Crippen LogP contribution in [0.5, 0.6) is 0 Å². The molecule has 3 nitrogen and oxygen atoms in total. The first-order valence-electron chi connectivity index (χ1n) is 5.90. The van der Waals surface area contributed by atoms with E-state index in [9.17, 15) is 0 Å². The number of hydrogen-bond acceptors (Lipinski definition) is 3. The van der Waals surface area contributed by atoms with E-state index < -0.39 is 0 Å². The molecule has 2 heterocycles. The normalized spacial score (nSPS) is 11.6. The van der Waals surface area contributed by atoms with Crippen molar-refractivity contribution in [3.8, 4) is 0 Å². The van der Waals surface area contributed by atoms with Crippen molar-refractivity contribution in [2.24, 2.45) is 4.99 Å². The van der Waals surface area contributed by atoms with Crippen molar-refractivity contribution in [1.29, 1.82) is 0 Å². The van der Waals surface area contributed by atoms with Gasteiger partial charge in [-0.3, -0.25) is 4.99 Å². The molecule has 0 amide bonds. The molecule has 6 heteroatoms. The average molecular weight is 358 g/mol. The molecule has 0 aromatic carbocycles. The van der Waals surface area contributed by atoms with E-state index in [-0.39, 0.29) is 0 Å². The van der Waals surface area contributed by atoms with E-state index in [1.54, 1.807) is 18.4 Å². The second-order valence-corrected chi connectivity index (χ2v) is 7.31. The molecule has 0 radical (unpaired) electrons. The van der Waals surface area contributed by atoms with Gasteiger partial charge in [-0.1, -0.05) is 0 Å². The van der Waals surface area contributed by atoms with E-state index in [4.69, 9.17) is 0 Å². The van der Waals surface area contributed by atoms with Gasteiger partial charge in [-0.15, -0.1) is 22.7 Å². The van der Waals surface area contributed by atoms with Gasteiger partial charge in [0, 0.05) is 31.5 Å². The molecule has 0 aliphatic rings. The minimum absolute atomic E-state index is 0.791. The third-order valence-corrected chi connectivity index (χ3v) is 5.20. The van der Waals surface area contributed by atoms with E-state index in [2.05, 4.69) is 62.1 Å². The maximum atomic E-state index is 4.22. The number of nitrogens with zero attached hydrogens (tertiary/aromatic N) is 1. The van der Waals surface area contributed by atoms with Crippen molar-refractivity contribution < 1.29 is 0 Å². The monoisotopic (exact) mass is 357 g/mol. The molecular formula is C13H16BrN3S2. The second kappa shape index (κ2) is 7.07. The number of guanidine groups is 1. The quantitative estimate of drug-likeness (QED) is 0.645. The van der Waals surface area contributed by atoms with Crippen LogP contribution in [0.1, 0.15) is 14.6 Å². The van der Waals surface area contributed by atoms with Crippen molar-refractivity contribution in [2.75, 3.05) is 7.05 Å². The zero-order valence-electron chi connectivity index (χ0n) is 10.9.